The Morgan fingerprint density at radius 3 is 2.52 bits per heavy atom. The lowest BCUT2D eigenvalue weighted by Crippen LogP contribution is -2.37. The van der Waals surface area contributed by atoms with E-state index in [0.717, 1.165) is 30.5 Å². The van der Waals surface area contributed by atoms with Crippen LogP contribution in [0.15, 0.2) is 64.4 Å². The number of hydrogen-bond acceptors (Lipinski definition) is 10. The van der Waals surface area contributed by atoms with Crippen molar-refractivity contribution in [1.29, 1.82) is 5.41 Å². The van der Waals surface area contributed by atoms with Crippen LogP contribution in [0.2, 0.25) is 0 Å². The maximum atomic E-state index is 13.1. The fourth-order valence-corrected chi connectivity index (χ4v) is 5.59. The largest absolute Gasteiger partial charge is 0.494 e. The molecule has 0 spiro atoms. The van der Waals surface area contributed by atoms with Gasteiger partial charge in [0.1, 0.15) is 17.3 Å². The lowest BCUT2D eigenvalue weighted by atomic mass is 10.0. The number of benzene rings is 1. The second-order valence-electron chi connectivity index (χ2n) is 11.0. The zero-order valence-corrected chi connectivity index (χ0v) is 27.9. The summed E-state index contributed by atoms with van der Waals surface area (Å²) in [5.41, 5.74) is 9.04. The number of thioether (sulfide) groups is 1. The Hall–Kier alpha value is -4.69. The second kappa shape index (κ2) is 17.1. The van der Waals surface area contributed by atoms with Crippen molar-refractivity contribution >= 4 is 47.2 Å². The number of aliphatic imine (C=N–C) groups is 1. The number of amides is 3. The summed E-state index contributed by atoms with van der Waals surface area (Å²) >= 11 is 1.73. The van der Waals surface area contributed by atoms with Gasteiger partial charge in [0, 0.05) is 61.1 Å². The number of carbonyl (C=O) groups excluding carboxylic acids is 3. The zero-order valence-electron chi connectivity index (χ0n) is 27.1. The summed E-state index contributed by atoms with van der Waals surface area (Å²) in [5.74, 6) is 0.133. The van der Waals surface area contributed by atoms with Crippen LogP contribution in [0, 0.1) is 11.3 Å². The minimum atomic E-state index is -0.230. The first-order chi connectivity index (χ1) is 22.0. The van der Waals surface area contributed by atoms with E-state index in [9.17, 15) is 9.59 Å². The van der Waals surface area contributed by atoms with Gasteiger partial charge in [-0.15, -0.1) is 11.8 Å². The van der Waals surface area contributed by atoms with Crippen molar-refractivity contribution in [3.05, 3.63) is 65.1 Å². The molecule has 4 rings (SSSR count). The molecule has 2 aromatic rings. The van der Waals surface area contributed by atoms with E-state index in [1.165, 1.54) is 11.0 Å². The highest BCUT2D eigenvalue weighted by Gasteiger charge is 2.29. The summed E-state index contributed by atoms with van der Waals surface area (Å²) in [4.78, 5) is 47.6. The van der Waals surface area contributed by atoms with Gasteiger partial charge in [0.05, 0.1) is 36.1 Å². The maximum Gasteiger partial charge on any atom is 0.272 e. The van der Waals surface area contributed by atoms with Crippen molar-refractivity contribution in [2.24, 2.45) is 16.6 Å². The van der Waals surface area contributed by atoms with E-state index in [-0.39, 0.29) is 34.7 Å². The molecule has 1 fully saturated rings. The van der Waals surface area contributed by atoms with Crippen LogP contribution in [0.1, 0.15) is 30.3 Å². The molecule has 2 heterocycles. The van der Waals surface area contributed by atoms with Gasteiger partial charge in [-0.05, 0) is 46.0 Å². The van der Waals surface area contributed by atoms with Crippen molar-refractivity contribution < 1.29 is 19.1 Å². The molecule has 3 amide bonds. The molecule has 0 bridgehead atoms. The van der Waals surface area contributed by atoms with E-state index in [4.69, 9.17) is 20.7 Å². The molecule has 0 saturated heterocycles. The van der Waals surface area contributed by atoms with Gasteiger partial charge in [-0.3, -0.25) is 19.4 Å². The maximum absolute atomic E-state index is 13.1. The lowest BCUT2D eigenvalue weighted by molar-refractivity contribution is -0.118. The molecule has 6 N–H and O–H groups in total. The van der Waals surface area contributed by atoms with E-state index in [0.29, 0.717) is 35.8 Å². The van der Waals surface area contributed by atoms with Crippen LogP contribution in [0.4, 0.5) is 5.69 Å². The molecule has 14 heteroatoms. The average molecular weight is 650 g/mol. The summed E-state index contributed by atoms with van der Waals surface area (Å²) in [5, 5.41) is 17.1. The molecule has 246 valence electrons. The Bertz CT molecular complexity index is 1500. The zero-order chi connectivity index (χ0) is 33.8. The van der Waals surface area contributed by atoms with Gasteiger partial charge in [-0.1, -0.05) is 18.2 Å². The number of nitrogens with zero attached hydrogens (tertiary/aromatic N) is 4. The first kappa shape index (κ1) is 35.8. The van der Waals surface area contributed by atoms with Crippen LogP contribution < -0.4 is 26.4 Å². The van der Waals surface area contributed by atoms with E-state index in [2.05, 4.69) is 30.8 Å². The van der Waals surface area contributed by atoms with E-state index in [1.54, 1.807) is 57.1 Å². The van der Waals surface area contributed by atoms with Gasteiger partial charge in [0.25, 0.3) is 11.8 Å². The van der Waals surface area contributed by atoms with E-state index >= 15 is 0 Å². The number of carbonyl (C=O) groups is 3. The summed E-state index contributed by atoms with van der Waals surface area (Å²) in [6.45, 7) is 3.01. The highest BCUT2D eigenvalue weighted by atomic mass is 32.2. The normalized spacial score (nSPS) is 16.0. The van der Waals surface area contributed by atoms with Gasteiger partial charge in [-0.25, -0.2) is 0 Å². The fourth-order valence-electron chi connectivity index (χ4n) is 4.32. The Morgan fingerprint density at radius 2 is 1.96 bits per heavy atom. The third-order valence-corrected chi connectivity index (χ3v) is 7.86. The molecular formula is C32H43N9O4S. The number of hydrogen-bond donors (Lipinski definition) is 5. The Balaban J connectivity index is 0.00000136. The molecule has 1 aromatic heterocycles. The number of nitrogens with two attached hydrogens (primary N) is 1. The molecule has 13 nitrogen and oxygen atoms in total. The topological polar surface area (TPSA) is 178 Å². The number of ether oxygens (including phenoxy) is 1. The molecule has 46 heavy (non-hydrogen) atoms. The van der Waals surface area contributed by atoms with Crippen molar-refractivity contribution in [1.82, 2.24) is 25.4 Å². The smallest absolute Gasteiger partial charge is 0.272 e. The first-order valence-corrected chi connectivity index (χ1v) is 15.5. The van der Waals surface area contributed by atoms with Crippen molar-refractivity contribution in [3.8, 4) is 16.9 Å². The van der Waals surface area contributed by atoms with Crippen LogP contribution in [-0.2, 0) is 9.59 Å². The SMILES string of the molecule is CNC=O.COc1c(N/C(=C/C(N)=NC(=O)C2CC2)C(C)=N)cccc1-c1ccc(C(=O)N(C)CC2NC=C(CN(C)C)S2)nc1. The Morgan fingerprint density at radius 1 is 1.24 bits per heavy atom. The number of anilines is 1. The van der Waals surface area contributed by atoms with Crippen molar-refractivity contribution in [2.75, 3.05) is 53.7 Å². The molecular weight excluding hydrogens is 606 g/mol. The number of nitrogens with one attached hydrogen (secondary N) is 4. The quantitative estimate of drug-likeness (QED) is 0.123. The van der Waals surface area contributed by atoms with Gasteiger partial charge in [-0.2, -0.15) is 4.99 Å². The van der Waals surface area contributed by atoms with E-state index in [1.807, 2.05) is 44.6 Å². The fraction of sp³-hybridized carbons (Fsp3) is 0.375. The monoisotopic (exact) mass is 649 g/mol. The first-order valence-electron chi connectivity index (χ1n) is 14.7. The van der Waals surface area contributed by atoms with Gasteiger partial charge >= 0.3 is 0 Å². The van der Waals surface area contributed by atoms with Gasteiger partial charge < -0.3 is 41.6 Å². The number of para-hydroxylation sites is 1. The predicted octanol–water partition coefficient (Wildman–Crippen LogP) is 2.89. The number of methoxy groups -OCH3 is 1. The number of amidine groups is 1. The van der Waals surface area contributed by atoms with Crippen LogP contribution >= 0.6 is 11.8 Å². The van der Waals surface area contributed by atoms with Crippen LogP contribution in [0.5, 0.6) is 5.75 Å². The van der Waals surface area contributed by atoms with Gasteiger partial charge in [0.15, 0.2) is 0 Å². The Kier molecular flexibility index (Phi) is 13.3. The summed E-state index contributed by atoms with van der Waals surface area (Å²) < 4.78 is 5.75. The molecule has 1 saturated carbocycles. The van der Waals surface area contributed by atoms with Crippen LogP contribution in [0.25, 0.3) is 11.1 Å². The highest BCUT2D eigenvalue weighted by Crippen LogP contribution is 2.37. The number of likely N-dealkylation sites (N-methyl/N-ethyl adjacent to an activating group) is 2. The van der Waals surface area contributed by atoms with Crippen molar-refractivity contribution in [3.63, 3.8) is 0 Å². The number of rotatable bonds is 13. The molecule has 1 aliphatic carbocycles. The minimum absolute atomic E-state index is 0.0382. The third kappa shape index (κ3) is 10.4. The number of aromatic nitrogens is 1. The molecule has 1 aliphatic heterocycles. The van der Waals surface area contributed by atoms with Gasteiger partial charge in [0.2, 0.25) is 6.41 Å². The molecule has 2 aliphatic rings. The van der Waals surface area contributed by atoms with Crippen LogP contribution in [0.3, 0.4) is 0 Å². The summed E-state index contributed by atoms with van der Waals surface area (Å²) in [6, 6.07) is 9.10. The number of pyridine rings is 1. The average Bonchev–Trinajstić information content (AvgIpc) is 3.80. The van der Waals surface area contributed by atoms with Crippen LogP contribution in [-0.4, -0.2) is 98.3 Å². The third-order valence-electron chi connectivity index (χ3n) is 6.74. The molecule has 0 radical (unpaired) electrons. The molecule has 1 atom stereocenters. The molecule has 1 aromatic carbocycles. The Labute approximate surface area is 274 Å². The summed E-state index contributed by atoms with van der Waals surface area (Å²) in [7, 11) is 8.95. The minimum Gasteiger partial charge on any atom is -0.494 e. The summed E-state index contributed by atoms with van der Waals surface area (Å²) in [6.07, 6.45) is 7.44. The number of allylic oxidation sites excluding steroid dienone is 1. The predicted molar refractivity (Wildman–Crippen MR) is 184 cm³/mol. The lowest BCUT2D eigenvalue weighted by Gasteiger charge is -2.21. The standard InChI is InChI=1S/C30H38N8O3S.C2H5NO/c1-18(31)25(13-26(32)36-29(39)19-9-10-19)35-23-8-6-7-22(28(23)41-5)20-11-12-24(33-14-20)30(40)38(4)17-27-34-15-21(42-27)16-37(2)3;1-3-2-4/h6-8,11-15,19,27,31,34-35H,9-10,16-17H2,1-5H3,(H2,32,36,39);2H,1H3,(H,3,4)/b25-13+,31-18?;. The van der Waals surface area contributed by atoms with E-state index < -0.39 is 0 Å². The highest BCUT2D eigenvalue weighted by molar-refractivity contribution is 8.03. The second-order valence-corrected chi connectivity index (χ2v) is 12.3. The van der Waals surface area contributed by atoms with Crippen molar-refractivity contribution in [2.45, 2.75) is 25.1 Å². The molecule has 1 unspecified atom stereocenters.